The molecule has 1 N–H and O–H groups in total. The number of sulfonamides is 1. The summed E-state index contributed by atoms with van der Waals surface area (Å²) in [5, 5.41) is -0.226. The highest BCUT2D eigenvalue weighted by Gasteiger charge is 2.34. The number of benzene rings is 1. The zero-order valence-electron chi connectivity index (χ0n) is 14.0. The van der Waals surface area contributed by atoms with E-state index in [0.29, 0.717) is 10.5 Å². The molecule has 3 aromatic rings. The second kappa shape index (κ2) is 7.01. The second-order valence-electron chi connectivity index (χ2n) is 5.59. The lowest BCUT2D eigenvalue weighted by atomic mass is 10.2. The van der Waals surface area contributed by atoms with E-state index in [1.165, 1.54) is 6.92 Å². The van der Waals surface area contributed by atoms with Crippen molar-refractivity contribution in [2.75, 3.05) is 10.5 Å². The Bertz CT molecular complexity index is 1240. The SMILES string of the molecule is CCS(=O)(=O)Nc1cc(-n2c(=S)cc(C(F)(F)F)n3ccnc23)c(F)cc1Cl. The molecule has 0 aliphatic heterocycles. The monoisotopic (exact) mass is 454 g/mol. The fourth-order valence-electron chi connectivity index (χ4n) is 2.47. The maximum absolute atomic E-state index is 14.6. The first-order chi connectivity index (χ1) is 12.9. The fourth-order valence-corrected chi connectivity index (χ4v) is 3.66. The number of nitrogens with one attached hydrogen (secondary N) is 1. The molecule has 0 radical (unpaired) electrons. The summed E-state index contributed by atoms with van der Waals surface area (Å²) in [4.78, 5) is 3.83. The maximum atomic E-state index is 14.6. The van der Waals surface area contributed by atoms with Crippen LogP contribution in [0.5, 0.6) is 0 Å². The van der Waals surface area contributed by atoms with Crippen LogP contribution in [-0.4, -0.2) is 28.1 Å². The summed E-state index contributed by atoms with van der Waals surface area (Å²) in [7, 11) is -3.74. The molecule has 28 heavy (non-hydrogen) atoms. The number of nitrogens with zero attached hydrogens (tertiary/aromatic N) is 3. The Morgan fingerprint density at radius 3 is 2.57 bits per heavy atom. The van der Waals surface area contributed by atoms with Gasteiger partial charge in [-0.3, -0.25) is 13.7 Å². The molecule has 1 aromatic carbocycles. The summed E-state index contributed by atoms with van der Waals surface area (Å²) in [5.74, 6) is -1.49. The standard InChI is InChI=1S/C15H11ClF4N4O2S2/c1-2-28(25,26)22-10-6-11(9(17)5-8(10)16)24-13(27)7-12(15(18,19)20)23-4-3-21-14(23)24/h3-7,22H,2H2,1H3. The summed E-state index contributed by atoms with van der Waals surface area (Å²) in [6.07, 6.45) is -2.56. The molecule has 13 heteroatoms. The summed E-state index contributed by atoms with van der Waals surface area (Å²) in [5.41, 5.74) is -1.54. The molecule has 0 amide bonds. The number of alkyl halides is 3. The van der Waals surface area contributed by atoms with Gasteiger partial charge in [-0.05, 0) is 19.1 Å². The lowest BCUT2D eigenvalue weighted by Gasteiger charge is -2.16. The molecular weight excluding hydrogens is 444 g/mol. The first kappa shape index (κ1) is 20.6. The highest BCUT2D eigenvalue weighted by molar-refractivity contribution is 7.92. The van der Waals surface area contributed by atoms with Crippen molar-refractivity contribution in [2.45, 2.75) is 13.1 Å². The minimum absolute atomic E-state index is 0.147. The molecule has 6 nitrogen and oxygen atoms in total. The van der Waals surface area contributed by atoms with E-state index in [-0.39, 0.29) is 32.6 Å². The molecule has 2 heterocycles. The Morgan fingerprint density at radius 1 is 1.29 bits per heavy atom. The van der Waals surface area contributed by atoms with E-state index in [1.807, 2.05) is 0 Å². The van der Waals surface area contributed by atoms with Crippen LogP contribution in [0.25, 0.3) is 11.5 Å². The molecular formula is C15H11ClF4N4O2S2. The number of imidazole rings is 1. The third kappa shape index (κ3) is 3.71. The van der Waals surface area contributed by atoms with Gasteiger partial charge in [0.25, 0.3) is 0 Å². The average molecular weight is 455 g/mol. The third-order valence-corrected chi connectivity index (χ3v) is 5.68. The van der Waals surface area contributed by atoms with Crippen LogP contribution >= 0.6 is 23.8 Å². The lowest BCUT2D eigenvalue weighted by molar-refractivity contribution is -0.142. The Kier molecular flexibility index (Phi) is 5.15. The van der Waals surface area contributed by atoms with Gasteiger partial charge in [-0.2, -0.15) is 13.2 Å². The summed E-state index contributed by atoms with van der Waals surface area (Å²) in [6.45, 7) is 1.39. The molecule has 2 aromatic heterocycles. The quantitative estimate of drug-likeness (QED) is 0.468. The minimum Gasteiger partial charge on any atom is -0.282 e. The van der Waals surface area contributed by atoms with Gasteiger partial charge in [0, 0.05) is 18.5 Å². The first-order valence-electron chi connectivity index (χ1n) is 7.61. The topological polar surface area (TPSA) is 68.4 Å². The van der Waals surface area contributed by atoms with Crippen molar-refractivity contribution in [3.63, 3.8) is 0 Å². The first-order valence-corrected chi connectivity index (χ1v) is 10.0. The van der Waals surface area contributed by atoms with E-state index in [1.54, 1.807) is 0 Å². The van der Waals surface area contributed by atoms with Gasteiger partial charge in [-0.15, -0.1) is 0 Å². The maximum Gasteiger partial charge on any atom is 0.431 e. The molecule has 0 fully saturated rings. The van der Waals surface area contributed by atoms with Crippen LogP contribution in [0.3, 0.4) is 0 Å². The normalized spacial score (nSPS) is 12.5. The lowest BCUT2D eigenvalue weighted by Crippen LogP contribution is -2.17. The zero-order valence-corrected chi connectivity index (χ0v) is 16.3. The van der Waals surface area contributed by atoms with Crippen molar-refractivity contribution >= 4 is 45.3 Å². The molecule has 0 unspecified atom stereocenters. The number of hydrogen-bond acceptors (Lipinski definition) is 4. The number of anilines is 1. The van der Waals surface area contributed by atoms with Crippen LogP contribution in [0, 0.1) is 10.5 Å². The van der Waals surface area contributed by atoms with Crippen molar-refractivity contribution in [1.82, 2.24) is 14.0 Å². The van der Waals surface area contributed by atoms with E-state index < -0.39 is 27.7 Å². The van der Waals surface area contributed by atoms with Gasteiger partial charge in [-0.1, -0.05) is 23.8 Å². The van der Waals surface area contributed by atoms with Gasteiger partial charge in [0.2, 0.25) is 15.8 Å². The summed E-state index contributed by atoms with van der Waals surface area (Å²) >= 11 is 10.9. The van der Waals surface area contributed by atoms with Crippen molar-refractivity contribution in [3.05, 3.63) is 51.8 Å². The Labute approximate surface area is 166 Å². The van der Waals surface area contributed by atoms with Crippen molar-refractivity contribution < 1.29 is 26.0 Å². The number of halogens is 5. The van der Waals surface area contributed by atoms with Gasteiger partial charge in [0.05, 0.1) is 22.2 Å². The highest BCUT2D eigenvalue weighted by Crippen LogP contribution is 2.33. The average Bonchev–Trinajstić information content (AvgIpc) is 3.05. The Hall–Kier alpha value is -2.18. The number of aromatic nitrogens is 3. The van der Waals surface area contributed by atoms with E-state index in [0.717, 1.165) is 29.1 Å². The van der Waals surface area contributed by atoms with Gasteiger partial charge < -0.3 is 0 Å². The van der Waals surface area contributed by atoms with E-state index in [2.05, 4.69) is 9.71 Å². The van der Waals surface area contributed by atoms with Crippen molar-refractivity contribution in [1.29, 1.82) is 0 Å². The van der Waals surface area contributed by atoms with Crippen LogP contribution in [-0.2, 0) is 16.2 Å². The molecule has 0 saturated heterocycles. The molecule has 0 aliphatic carbocycles. The molecule has 0 spiro atoms. The van der Waals surface area contributed by atoms with Crippen LogP contribution in [0.2, 0.25) is 5.02 Å². The molecule has 0 aliphatic rings. The van der Waals surface area contributed by atoms with E-state index in [9.17, 15) is 26.0 Å². The largest absolute Gasteiger partial charge is 0.431 e. The fraction of sp³-hybridized carbons (Fsp3) is 0.200. The molecule has 0 saturated carbocycles. The van der Waals surface area contributed by atoms with E-state index >= 15 is 0 Å². The third-order valence-electron chi connectivity index (χ3n) is 3.77. The molecule has 3 rings (SSSR count). The zero-order chi connectivity index (χ0) is 20.9. The van der Waals surface area contributed by atoms with Crippen molar-refractivity contribution in [2.24, 2.45) is 0 Å². The minimum atomic E-state index is -4.72. The Morgan fingerprint density at radius 2 is 1.96 bits per heavy atom. The Balaban J connectivity index is 2.31. The highest BCUT2D eigenvalue weighted by atomic mass is 35.5. The van der Waals surface area contributed by atoms with Crippen molar-refractivity contribution in [3.8, 4) is 5.69 Å². The van der Waals surface area contributed by atoms with Gasteiger partial charge >= 0.3 is 6.18 Å². The summed E-state index contributed by atoms with van der Waals surface area (Å²) in [6, 6.07) is 2.54. The van der Waals surface area contributed by atoms with Crippen LogP contribution in [0.15, 0.2) is 30.6 Å². The smallest absolute Gasteiger partial charge is 0.282 e. The molecule has 150 valence electrons. The van der Waals surface area contributed by atoms with E-state index in [4.69, 9.17) is 23.8 Å². The number of hydrogen-bond donors (Lipinski definition) is 1. The summed E-state index contributed by atoms with van der Waals surface area (Å²) < 4.78 is 81.5. The number of rotatable bonds is 4. The van der Waals surface area contributed by atoms with Crippen LogP contribution < -0.4 is 4.72 Å². The van der Waals surface area contributed by atoms with Gasteiger partial charge in [0.15, 0.2) is 0 Å². The molecule has 0 bridgehead atoms. The van der Waals surface area contributed by atoms with Crippen LogP contribution in [0.4, 0.5) is 23.2 Å². The second-order valence-corrected chi connectivity index (χ2v) is 8.42. The van der Waals surface area contributed by atoms with Crippen LogP contribution in [0.1, 0.15) is 12.6 Å². The predicted octanol–water partition coefficient (Wildman–Crippen LogP) is 4.43. The number of fused-ring (bicyclic) bond motifs is 1. The molecule has 0 atom stereocenters. The predicted molar refractivity (Wildman–Crippen MR) is 98.4 cm³/mol. The van der Waals surface area contributed by atoms with Gasteiger partial charge in [-0.25, -0.2) is 17.8 Å². The van der Waals surface area contributed by atoms with Gasteiger partial charge in [0.1, 0.15) is 16.2 Å².